The smallest absolute Gasteiger partial charge is 0.414 e. The summed E-state index contributed by atoms with van der Waals surface area (Å²) >= 11 is 0. The number of cyclic esters (lactones) is 1. The largest absolute Gasteiger partial charge is 0.447 e. The fourth-order valence-electron chi connectivity index (χ4n) is 2.56. The van der Waals surface area contributed by atoms with Crippen molar-refractivity contribution >= 4 is 35.1 Å². The monoisotopic (exact) mass is 353 g/mol. The quantitative estimate of drug-likeness (QED) is 0.505. The van der Waals surface area contributed by atoms with Crippen LogP contribution in [0.4, 0.5) is 21.9 Å². The Hall–Kier alpha value is -3.68. The Morgan fingerprint density at radius 1 is 1.19 bits per heavy atom. The van der Waals surface area contributed by atoms with Crippen LogP contribution in [0.15, 0.2) is 54.6 Å². The first-order valence-corrected chi connectivity index (χ1v) is 7.82. The zero-order valence-electron chi connectivity index (χ0n) is 13.6. The highest BCUT2D eigenvalue weighted by atomic mass is 16.6. The SMILES string of the molecule is O=C(C=Cc1ccccc1[N+](=O)[O-])Nc1ccccc1N1CCOC1=O. The van der Waals surface area contributed by atoms with E-state index in [9.17, 15) is 19.7 Å². The predicted molar refractivity (Wildman–Crippen MR) is 95.9 cm³/mol. The molecule has 1 N–H and O–H groups in total. The van der Waals surface area contributed by atoms with Crippen molar-refractivity contribution in [2.75, 3.05) is 23.4 Å². The zero-order valence-corrected chi connectivity index (χ0v) is 13.6. The highest BCUT2D eigenvalue weighted by Crippen LogP contribution is 2.28. The van der Waals surface area contributed by atoms with Gasteiger partial charge in [-0.2, -0.15) is 0 Å². The average molecular weight is 353 g/mol. The Kier molecular flexibility index (Phi) is 4.93. The molecule has 0 aromatic heterocycles. The van der Waals surface area contributed by atoms with Crippen molar-refractivity contribution in [2.24, 2.45) is 0 Å². The van der Waals surface area contributed by atoms with Gasteiger partial charge in [0.1, 0.15) is 6.61 Å². The van der Waals surface area contributed by atoms with E-state index >= 15 is 0 Å². The van der Waals surface area contributed by atoms with Crippen LogP contribution in [0.1, 0.15) is 5.56 Å². The maximum atomic E-state index is 12.2. The number of nitro benzene ring substituents is 1. The fourth-order valence-corrected chi connectivity index (χ4v) is 2.56. The van der Waals surface area contributed by atoms with Crippen molar-refractivity contribution in [1.29, 1.82) is 0 Å². The molecule has 2 aromatic rings. The van der Waals surface area contributed by atoms with Crippen molar-refractivity contribution < 1.29 is 19.2 Å². The van der Waals surface area contributed by atoms with E-state index in [4.69, 9.17) is 4.74 Å². The molecular weight excluding hydrogens is 338 g/mol. The van der Waals surface area contributed by atoms with E-state index in [1.807, 2.05) is 0 Å². The number of anilines is 2. The molecule has 0 saturated carbocycles. The molecule has 3 rings (SSSR count). The number of nitro groups is 1. The average Bonchev–Trinajstić information content (AvgIpc) is 3.06. The molecule has 1 aliphatic heterocycles. The minimum Gasteiger partial charge on any atom is -0.447 e. The van der Waals surface area contributed by atoms with Crippen LogP contribution in [0, 0.1) is 10.1 Å². The molecule has 1 heterocycles. The number of amides is 2. The lowest BCUT2D eigenvalue weighted by atomic mass is 10.1. The van der Waals surface area contributed by atoms with Gasteiger partial charge in [0.2, 0.25) is 5.91 Å². The lowest BCUT2D eigenvalue weighted by Gasteiger charge is -2.17. The Morgan fingerprint density at radius 2 is 1.92 bits per heavy atom. The summed E-state index contributed by atoms with van der Waals surface area (Å²) in [6.07, 6.45) is 2.11. The molecular formula is C18H15N3O5. The second-order valence-corrected chi connectivity index (χ2v) is 5.42. The van der Waals surface area contributed by atoms with Crippen molar-refractivity contribution in [2.45, 2.75) is 0 Å². The van der Waals surface area contributed by atoms with Gasteiger partial charge < -0.3 is 10.1 Å². The molecule has 132 valence electrons. The van der Waals surface area contributed by atoms with Crippen molar-refractivity contribution in [3.8, 4) is 0 Å². The number of hydrogen-bond acceptors (Lipinski definition) is 5. The normalized spacial score (nSPS) is 13.7. The van der Waals surface area contributed by atoms with Crippen LogP contribution >= 0.6 is 0 Å². The number of nitrogens with zero attached hydrogens (tertiary/aromatic N) is 2. The lowest BCUT2D eigenvalue weighted by molar-refractivity contribution is -0.385. The second kappa shape index (κ2) is 7.47. The van der Waals surface area contributed by atoms with Gasteiger partial charge in [-0.1, -0.05) is 24.3 Å². The zero-order chi connectivity index (χ0) is 18.5. The summed E-state index contributed by atoms with van der Waals surface area (Å²) in [6.45, 7) is 0.691. The number of nitrogens with one attached hydrogen (secondary N) is 1. The highest BCUT2D eigenvalue weighted by molar-refractivity contribution is 6.05. The number of hydrogen-bond donors (Lipinski definition) is 1. The molecule has 2 aromatic carbocycles. The third kappa shape index (κ3) is 3.69. The van der Waals surface area contributed by atoms with Crippen LogP contribution in [-0.2, 0) is 9.53 Å². The van der Waals surface area contributed by atoms with Gasteiger partial charge in [0.25, 0.3) is 5.69 Å². The Bertz CT molecular complexity index is 894. The maximum absolute atomic E-state index is 12.2. The standard InChI is InChI=1S/C18H15N3O5/c22-17(10-9-13-5-1-3-7-15(13)21(24)25)19-14-6-2-4-8-16(14)20-11-12-26-18(20)23/h1-10H,11-12H2,(H,19,22). The topological polar surface area (TPSA) is 102 Å². The lowest BCUT2D eigenvalue weighted by Crippen LogP contribution is -2.25. The van der Waals surface area contributed by atoms with Gasteiger partial charge in [-0.25, -0.2) is 4.79 Å². The first kappa shape index (κ1) is 17.2. The summed E-state index contributed by atoms with van der Waals surface area (Å²) in [5.41, 5.74) is 1.21. The molecule has 26 heavy (non-hydrogen) atoms. The van der Waals surface area contributed by atoms with E-state index in [-0.39, 0.29) is 5.69 Å². The molecule has 0 aliphatic carbocycles. The maximum Gasteiger partial charge on any atom is 0.414 e. The molecule has 8 nitrogen and oxygen atoms in total. The van der Waals surface area contributed by atoms with Gasteiger partial charge in [0.05, 0.1) is 28.4 Å². The molecule has 1 aliphatic rings. The molecule has 0 spiro atoms. The number of carbonyl (C=O) groups excluding carboxylic acids is 2. The molecule has 0 unspecified atom stereocenters. The second-order valence-electron chi connectivity index (χ2n) is 5.42. The molecule has 8 heteroatoms. The van der Waals surface area contributed by atoms with E-state index in [1.54, 1.807) is 42.5 Å². The van der Waals surface area contributed by atoms with E-state index in [0.717, 1.165) is 0 Å². The van der Waals surface area contributed by atoms with E-state index in [2.05, 4.69) is 5.32 Å². The van der Waals surface area contributed by atoms with E-state index < -0.39 is 16.9 Å². The van der Waals surface area contributed by atoms with Gasteiger partial charge in [0, 0.05) is 12.1 Å². The Balaban J connectivity index is 1.77. The first-order chi connectivity index (χ1) is 12.6. The van der Waals surface area contributed by atoms with Crippen LogP contribution in [0.25, 0.3) is 6.08 Å². The van der Waals surface area contributed by atoms with Crippen molar-refractivity contribution in [3.63, 3.8) is 0 Å². The number of carbonyl (C=O) groups is 2. The van der Waals surface area contributed by atoms with E-state index in [0.29, 0.717) is 30.1 Å². The van der Waals surface area contributed by atoms with Crippen LogP contribution in [-0.4, -0.2) is 30.1 Å². The summed E-state index contributed by atoms with van der Waals surface area (Å²) < 4.78 is 4.92. The highest BCUT2D eigenvalue weighted by Gasteiger charge is 2.25. The minimum atomic E-state index is -0.508. The number of rotatable bonds is 5. The number of ether oxygens (including phenoxy) is 1. The summed E-state index contributed by atoms with van der Waals surface area (Å²) in [5.74, 6) is -0.469. The molecule has 0 atom stereocenters. The molecule has 1 fully saturated rings. The molecule has 0 radical (unpaired) electrons. The molecule has 0 bridgehead atoms. The van der Waals surface area contributed by atoms with Gasteiger partial charge in [-0.15, -0.1) is 0 Å². The van der Waals surface area contributed by atoms with Crippen LogP contribution in [0.2, 0.25) is 0 Å². The Labute approximate surface area is 148 Å². The Morgan fingerprint density at radius 3 is 2.65 bits per heavy atom. The summed E-state index contributed by atoms with van der Waals surface area (Å²) in [4.78, 5) is 35.9. The summed E-state index contributed by atoms with van der Waals surface area (Å²) in [6, 6.07) is 13.0. The van der Waals surface area contributed by atoms with Crippen molar-refractivity contribution in [1.82, 2.24) is 0 Å². The van der Waals surface area contributed by atoms with Crippen LogP contribution in [0.5, 0.6) is 0 Å². The first-order valence-electron chi connectivity index (χ1n) is 7.82. The van der Waals surface area contributed by atoms with Crippen molar-refractivity contribution in [3.05, 3.63) is 70.3 Å². The predicted octanol–water partition coefficient (Wildman–Crippen LogP) is 3.20. The van der Waals surface area contributed by atoms with Gasteiger partial charge in [-0.05, 0) is 24.3 Å². The third-order valence-corrected chi connectivity index (χ3v) is 3.76. The van der Waals surface area contributed by atoms with Crippen LogP contribution in [0.3, 0.4) is 0 Å². The van der Waals surface area contributed by atoms with Gasteiger partial charge >= 0.3 is 6.09 Å². The molecule has 2 amide bonds. The van der Waals surface area contributed by atoms with E-state index in [1.165, 1.54) is 23.1 Å². The third-order valence-electron chi connectivity index (χ3n) is 3.76. The minimum absolute atomic E-state index is 0.0863. The van der Waals surface area contributed by atoms with Gasteiger partial charge in [-0.3, -0.25) is 19.8 Å². The summed E-state index contributed by atoms with van der Waals surface area (Å²) in [5, 5.41) is 13.7. The number of para-hydroxylation sites is 3. The molecule has 1 saturated heterocycles. The fraction of sp³-hybridized carbons (Fsp3) is 0.111. The van der Waals surface area contributed by atoms with Gasteiger partial charge in [0.15, 0.2) is 0 Å². The summed E-state index contributed by atoms with van der Waals surface area (Å²) in [7, 11) is 0. The number of benzene rings is 2. The van der Waals surface area contributed by atoms with Crippen LogP contribution < -0.4 is 10.2 Å².